The molecule has 2 nitrogen and oxygen atoms in total. The highest BCUT2D eigenvalue weighted by atomic mass is 16.3. The van der Waals surface area contributed by atoms with E-state index in [1.54, 1.807) is 12.1 Å². The maximum atomic E-state index is 9.29. The van der Waals surface area contributed by atoms with Crippen LogP contribution in [0.2, 0.25) is 0 Å². The van der Waals surface area contributed by atoms with Gasteiger partial charge in [0, 0.05) is 12.6 Å². The van der Waals surface area contributed by atoms with Crippen molar-refractivity contribution in [2.24, 2.45) is 0 Å². The third-order valence-corrected chi connectivity index (χ3v) is 3.79. The number of rotatable bonds is 3. The molecule has 0 aromatic heterocycles. The van der Waals surface area contributed by atoms with Crippen LogP contribution in [0.15, 0.2) is 24.3 Å². The van der Waals surface area contributed by atoms with Crippen LogP contribution in [0.4, 0.5) is 0 Å². The first-order valence-electron chi connectivity index (χ1n) is 6.81. The number of aromatic hydroxyl groups is 1. The van der Waals surface area contributed by atoms with E-state index in [0.717, 1.165) is 12.6 Å². The Balaban J connectivity index is 2.01. The second kappa shape index (κ2) is 6.06. The molecule has 17 heavy (non-hydrogen) atoms. The zero-order chi connectivity index (χ0) is 12.1. The highest BCUT2D eigenvalue weighted by molar-refractivity contribution is 5.25. The maximum absolute atomic E-state index is 9.29. The monoisotopic (exact) mass is 233 g/mol. The molecule has 0 bridgehead atoms. The molecule has 1 fully saturated rings. The molecule has 1 unspecified atom stereocenters. The minimum Gasteiger partial charge on any atom is -0.508 e. The van der Waals surface area contributed by atoms with E-state index < -0.39 is 0 Å². The number of benzene rings is 1. The Morgan fingerprint density at radius 2 is 1.94 bits per heavy atom. The lowest BCUT2D eigenvalue weighted by molar-refractivity contribution is 0.186. The third-order valence-electron chi connectivity index (χ3n) is 3.79. The molecule has 1 aliphatic heterocycles. The van der Waals surface area contributed by atoms with Gasteiger partial charge in [-0.1, -0.05) is 31.9 Å². The second-order valence-corrected chi connectivity index (χ2v) is 5.05. The van der Waals surface area contributed by atoms with Crippen LogP contribution in [0.25, 0.3) is 0 Å². The maximum Gasteiger partial charge on any atom is 0.115 e. The van der Waals surface area contributed by atoms with Crippen LogP contribution in [0, 0.1) is 0 Å². The van der Waals surface area contributed by atoms with E-state index in [2.05, 4.69) is 11.8 Å². The highest BCUT2D eigenvalue weighted by Gasteiger charge is 2.19. The summed E-state index contributed by atoms with van der Waals surface area (Å²) in [4.78, 5) is 2.61. The van der Waals surface area contributed by atoms with Gasteiger partial charge in [0.1, 0.15) is 5.75 Å². The third kappa shape index (κ3) is 3.47. The van der Waals surface area contributed by atoms with Gasteiger partial charge < -0.3 is 5.11 Å². The smallest absolute Gasteiger partial charge is 0.115 e. The lowest BCUT2D eigenvalue weighted by Crippen LogP contribution is -2.33. The Kier molecular flexibility index (Phi) is 4.43. The minimum absolute atomic E-state index is 0.358. The van der Waals surface area contributed by atoms with Crippen LogP contribution >= 0.6 is 0 Å². The molecule has 1 N–H and O–H groups in total. The van der Waals surface area contributed by atoms with Crippen LogP contribution < -0.4 is 0 Å². The molecule has 1 aromatic rings. The predicted octanol–water partition coefficient (Wildman–Crippen LogP) is 3.55. The lowest BCUT2D eigenvalue weighted by atomic mass is 10.1. The largest absolute Gasteiger partial charge is 0.508 e. The number of phenols is 1. The van der Waals surface area contributed by atoms with Crippen molar-refractivity contribution >= 4 is 0 Å². The van der Waals surface area contributed by atoms with E-state index in [9.17, 15) is 5.11 Å². The van der Waals surface area contributed by atoms with E-state index >= 15 is 0 Å². The number of nitrogens with zero attached hydrogens (tertiary/aromatic N) is 1. The quantitative estimate of drug-likeness (QED) is 0.863. The van der Waals surface area contributed by atoms with Crippen LogP contribution in [-0.2, 0) is 6.54 Å². The van der Waals surface area contributed by atoms with Gasteiger partial charge in [-0.05, 0) is 43.5 Å². The molecule has 0 aliphatic carbocycles. The minimum atomic E-state index is 0.358. The summed E-state index contributed by atoms with van der Waals surface area (Å²) in [6.07, 6.45) is 6.68. The number of hydrogen-bond donors (Lipinski definition) is 1. The zero-order valence-electron chi connectivity index (χ0n) is 10.7. The van der Waals surface area contributed by atoms with Gasteiger partial charge in [0.15, 0.2) is 0 Å². The van der Waals surface area contributed by atoms with Gasteiger partial charge >= 0.3 is 0 Å². The van der Waals surface area contributed by atoms with E-state index in [1.165, 1.54) is 44.2 Å². The van der Waals surface area contributed by atoms with Gasteiger partial charge in [0.05, 0.1) is 0 Å². The summed E-state index contributed by atoms with van der Waals surface area (Å²) in [6, 6.07) is 8.38. The van der Waals surface area contributed by atoms with Crippen molar-refractivity contribution in [3.05, 3.63) is 29.8 Å². The Morgan fingerprint density at radius 3 is 2.65 bits per heavy atom. The number of phenolic OH excluding ortho intramolecular Hbond substituents is 1. The molecular formula is C15H23NO. The predicted molar refractivity (Wildman–Crippen MR) is 71.1 cm³/mol. The average Bonchev–Trinajstić information content (AvgIpc) is 2.57. The SMILES string of the molecule is CCC1CCCCCN1Cc1ccc(O)cc1. The summed E-state index contributed by atoms with van der Waals surface area (Å²) in [7, 11) is 0. The van der Waals surface area contributed by atoms with E-state index in [0.29, 0.717) is 5.75 Å². The fourth-order valence-electron chi connectivity index (χ4n) is 2.74. The lowest BCUT2D eigenvalue weighted by Gasteiger charge is -2.29. The summed E-state index contributed by atoms with van der Waals surface area (Å²) < 4.78 is 0. The Labute approximate surface area is 104 Å². The van der Waals surface area contributed by atoms with Crippen molar-refractivity contribution in [1.29, 1.82) is 0 Å². The van der Waals surface area contributed by atoms with Crippen molar-refractivity contribution in [1.82, 2.24) is 4.90 Å². The van der Waals surface area contributed by atoms with Crippen LogP contribution in [-0.4, -0.2) is 22.6 Å². The molecule has 0 spiro atoms. The molecule has 2 heteroatoms. The summed E-state index contributed by atoms with van der Waals surface area (Å²) in [5.74, 6) is 0.358. The summed E-state index contributed by atoms with van der Waals surface area (Å²) >= 11 is 0. The second-order valence-electron chi connectivity index (χ2n) is 5.05. The van der Waals surface area contributed by atoms with Crippen LogP contribution in [0.3, 0.4) is 0 Å². The molecule has 1 atom stereocenters. The molecule has 94 valence electrons. The zero-order valence-corrected chi connectivity index (χ0v) is 10.7. The van der Waals surface area contributed by atoms with Crippen molar-refractivity contribution in [3.63, 3.8) is 0 Å². The molecule has 0 amide bonds. The number of likely N-dealkylation sites (tertiary alicyclic amines) is 1. The Morgan fingerprint density at radius 1 is 1.18 bits per heavy atom. The molecule has 1 aromatic carbocycles. The fourth-order valence-corrected chi connectivity index (χ4v) is 2.74. The first-order valence-corrected chi connectivity index (χ1v) is 6.81. The molecule has 1 aliphatic rings. The van der Waals surface area contributed by atoms with E-state index in [1.807, 2.05) is 12.1 Å². The van der Waals surface area contributed by atoms with Crippen molar-refractivity contribution < 1.29 is 5.11 Å². The fraction of sp³-hybridized carbons (Fsp3) is 0.600. The first kappa shape index (κ1) is 12.4. The number of hydrogen-bond acceptors (Lipinski definition) is 2. The van der Waals surface area contributed by atoms with Gasteiger partial charge in [-0.15, -0.1) is 0 Å². The van der Waals surface area contributed by atoms with Gasteiger partial charge in [-0.3, -0.25) is 4.90 Å². The van der Waals surface area contributed by atoms with Crippen molar-refractivity contribution in [2.45, 2.75) is 51.6 Å². The van der Waals surface area contributed by atoms with E-state index in [-0.39, 0.29) is 0 Å². The summed E-state index contributed by atoms with van der Waals surface area (Å²) in [6.45, 7) is 4.54. The molecule has 0 saturated carbocycles. The average molecular weight is 233 g/mol. The van der Waals surface area contributed by atoms with E-state index in [4.69, 9.17) is 0 Å². The van der Waals surface area contributed by atoms with Crippen LogP contribution in [0.5, 0.6) is 5.75 Å². The van der Waals surface area contributed by atoms with Crippen LogP contribution in [0.1, 0.15) is 44.6 Å². The topological polar surface area (TPSA) is 23.5 Å². The van der Waals surface area contributed by atoms with Crippen molar-refractivity contribution in [2.75, 3.05) is 6.54 Å². The van der Waals surface area contributed by atoms with Crippen molar-refractivity contribution in [3.8, 4) is 5.75 Å². The first-order chi connectivity index (χ1) is 8.29. The normalized spacial score (nSPS) is 22.3. The molecule has 1 saturated heterocycles. The van der Waals surface area contributed by atoms with Gasteiger partial charge in [-0.2, -0.15) is 0 Å². The van der Waals surface area contributed by atoms with Gasteiger partial charge in [0.25, 0.3) is 0 Å². The Bertz CT molecular complexity index is 333. The summed E-state index contributed by atoms with van der Waals surface area (Å²) in [5, 5.41) is 9.29. The van der Waals surface area contributed by atoms with Gasteiger partial charge in [0.2, 0.25) is 0 Å². The summed E-state index contributed by atoms with van der Waals surface area (Å²) in [5.41, 5.74) is 1.31. The highest BCUT2D eigenvalue weighted by Crippen LogP contribution is 2.21. The Hall–Kier alpha value is -1.02. The molecule has 1 heterocycles. The molecule has 2 rings (SSSR count). The molecule has 0 radical (unpaired) electrons. The van der Waals surface area contributed by atoms with Gasteiger partial charge in [-0.25, -0.2) is 0 Å². The molecular weight excluding hydrogens is 210 g/mol. The standard InChI is InChI=1S/C15H23NO/c1-2-14-6-4-3-5-11-16(14)12-13-7-9-15(17)10-8-13/h7-10,14,17H,2-6,11-12H2,1H3.